The highest BCUT2D eigenvalue weighted by molar-refractivity contribution is 7.13. The van der Waals surface area contributed by atoms with Crippen LogP contribution in [-0.2, 0) is 11.2 Å². The molecule has 1 amide bonds. The van der Waals surface area contributed by atoms with Gasteiger partial charge in [0.05, 0.1) is 23.7 Å². The molecule has 0 unspecified atom stereocenters. The van der Waals surface area contributed by atoms with Crippen LogP contribution in [0.3, 0.4) is 0 Å². The Morgan fingerprint density at radius 2 is 2.04 bits per heavy atom. The van der Waals surface area contributed by atoms with Crippen LogP contribution in [0.2, 0.25) is 5.02 Å². The maximum Gasteiger partial charge on any atom is 0.231 e. The number of rotatable bonds is 6. The lowest BCUT2D eigenvalue weighted by atomic mass is 10.2. The number of carbonyl (C=O) groups excluding carboxylic acids is 1. The summed E-state index contributed by atoms with van der Waals surface area (Å²) in [5.74, 6) is 1.13. The predicted octanol–water partition coefficient (Wildman–Crippen LogP) is 4.44. The normalized spacial score (nSPS) is 10.5. The molecule has 128 valence electrons. The highest BCUT2D eigenvalue weighted by Gasteiger charge is 2.10. The number of nitrogens with one attached hydrogen (secondary N) is 1. The summed E-state index contributed by atoms with van der Waals surface area (Å²) in [6.45, 7) is 2.59. The first-order valence-corrected chi connectivity index (χ1v) is 8.99. The Labute approximate surface area is 154 Å². The van der Waals surface area contributed by atoms with Crippen molar-refractivity contribution in [3.05, 3.63) is 58.7 Å². The highest BCUT2D eigenvalue weighted by atomic mass is 35.5. The SMILES string of the molecule is CCOc1ccc(-c2nc(CC(=O)Nc3ccc(Cl)cn3)cs2)cc1. The zero-order valence-corrected chi connectivity index (χ0v) is 15.1. The number of aromatic nitrogens is 2. The van der Waals surface area contributed by atoms with Crippen molar-refractivity contribution in [2.24, 2.45) is 0 Å². The van der Waals surface area contributed by atoms with Crippen molar-refractivity contribution in [2.45, 2.75) is 13.3 Å². The van der Waals surface area contributed by atoms with Crippen LogP contribution in [0.25, 0.3) is 10.6 Å². The maximum absolute atomic E-state index is 12.1. The monoisotopic (exact) mass is 373 g/mol. The molecule has 0 aliphatic rings. The van der Waals surface area contributed by atoms with Crippen LogP contribution in [0.5, 0.6) is 5.75 Å². The molecule has 0 aliphatic heterocycles. The zero-order chi connectivity index (χ0) is 17.6. The number of carbonyl (C=O) groups is 1. The second kappa shape index (κ2) is 8.09. The van der Waals surface area contributed by atoms with Gasteiger partial charge in [-0.1, -0.05) is 11.6 Å². The number of hydrogen-bond donors (Lipinski definition) is 1. The molecule has 3 rings (SSSR count). The highest BCUT2D eigenvalue weighted by Crippen LogP contribution is 2.26. The molecule has 2 heterocycles. The fraction of sp³-hybridized carbons (Fsp3) is 0.167. The van der Waals surface area contributed by atoms with Crippen molar-refractivity contribution >= 4 is 34.7 Å². The third kappa shape index (κ3) is 4.78. The van der Waals surface area contributed by atoms with Crippen molar-refractivity contribution in [2.75, 3.05) is 11.9 Å². The Morgan fingerprint density at radius 3 is 2.72 bits per heavy atom. The molecule has 0 atom stereocenters. The average molecular weight is 374 g/mol. The first kappa shape index (κ1) is 17.4. The van der Waals surface area contributed by atoms with E-state index < -0.39 is 0 Å². The van der Waals surface area contributed by atoms with Crippen LogP contribution < -0.4 is 10.1 Å². The molecule has 1 aromatic carbocycles. The van der Waals surface area contributed by atoms with Gasteiger partial charge in [-0.15, -0.1) is 11.3 Å². The fourth-order valence-corrected chi connectivity index (χ4v) is 3.12. The first-order chi connectivity index (χ1) is 12.1. The molecule has 7 heteroatoms. The van der Waals surface area contributed by atoms with Gasteiger partial charge in [-0.05, 0) is 43.3 Å². The van der Waals surface area contributed by atoms with Crippen molar-refractivity contribution < 1.29 is 9.53 Å². The Balaban J connectivity index is 1.62. The van der Waals surface area contributed by atoms with Gasteiger partial charge in [0.25, 0.3) is 0 Å². The lowest BCUT2D eigenvalue weighted by molar-refractivity contribution is -0.115. The van der Waals surface area contributed by atoms with Gasteiger partial charge in [0.1, 0.15) is 16.6 Å². The standard InChI is InChI=1S/C18H16ClN3O2S/c1-2-24-15-6-3-12(4-7-15)18-21-14(11-25-18)9-17(23)22-16-8-5-13(19)10-20-16/h3-8,10-11H,2,9H2,1H3,(H,20,22,23). The quantitative estimate of drug-likeness (QED) is 0.693. The maximum atomic E-state index is 12.1. The molecule has 0 spiro atoms. The van der Waals surface area contributed by atoms with Gasteiger partial charge >= 0.3 is 0 Å². The van der Waals surface area contributed by atoms with Gasteiger partial charge < -0.3 is 10.1 Å². The van der Waals surface area contributed by atoms with E-state index in [-0.39, 0.29) is 12.3 Å². The summed E-state index contributed by atoms with van der Waals surface area (Å²) in [6, 6.07) is 11.1. The van der Waals surface area contributed by atoms with Crippen LogP contribution in [0.15, 0.2) is 48.0 Å². The molecule has 2 aromatic heterocycles. The van der Waals surface area contributed by atoms with Gasteiger partial charge in [-0.25, -0.2) is 9.97 Å². The van der Waals surface area contributed by atoms with Crippen molar-refractivity contribution in [3.8, 4) is 16.3 Å². The van der Waals surface area contributed by atoms with Crippen LogP contribution in [0, 0.1) is 0 Å². The Kier molecular flexibility index (Phi) is 5.63. The molecule has 5 nitrogen and oxygen atoms in total. The van der Waals surface area contributed by atoms with Crippen LogP contribution in [-0.4, -0.2) is 22.5 Å². The zero-order valence-electron chi connectivity index (χ0n) is 13.5. The largest absolute Gasteiger partial charge is 0.494 e. The van der Waals surface area contributed by atoms with Crippen LogP contribution in [0.1, 0.15) is 12.6 Å². The average Bonchev–Trinajstić information content (AvgIpc) is 3.06. The van der Waals surface area contributed by atoms with Crippen molar-refractivity contribution in [1.29, 1.82) is 0 Å². The van der Waals surface area contributed by atoms with E-state index in [9.17, 15) is 4.79 Å². The van der Waals surface area contributed by atoms with Crippen molar-refractivity contribution in [1.82, 2.24) is 9.97 Å². The Bertz CT molecular complexity index is 848. The number of thiazole rings is 1. The molecule has 3 aromatic rings. The number of halogens is 1. The number of anilines is 1. The lowest BCUT2D eigenvalue weighted by Crippen LogP contribution is -2.15. The number of pyridine rings is 1. The molecule has 25 heavy (non-hydrogen) atoms. The van der Waals surface area contributed by atoms with E-state index >= 15 is 0 Å². The van der Waals surface area contributed by atoms with E-state index in [2.05, 4.69) is 15.3 Å². The Hall–Kier alpha value is -2.44. The van der Waals surface area contributed by atoms with E-state index in [4.69, 9.17) is 16.3 Å². The van der Waals surface area contributed by atoms with Gasteiger partial charge in [0.2, 0.25) is 5.91 Å². The lowest BCUT2D eigenvalue weighted by Gasteiger charge is -2.03. The van der Waals surface area contributed by atoms with Gasteiger partial charge in [-0.2, -0.15) is 0 Å². The van der Waals surface area contributed by atoms with E-state index in [1.165, 1.54) is 17.5 Å². The fourth-order valence-electron chi connectivity index (χ4n) is 2.18. The molecule has 0 aliphatic carbocycles. The minimum Gasteiger partial charge on any atom is -0.494 e. The van der Waals surface area contributed by atoms with Gasteiger partial charge in [-0.3, -0.25) is 4.79 Å². The molecule has 0 saturated carbocycles. The summed E-state index contributed by atoms with van der Waals surface area (Å²) in [7, 11) is 0. The summed E-state index contributed by atoms with van der Waals surface area (Å²) in [6.07, 6.45) is 1.68. The van der Waals surface area contributed by atoms with E-state index in [1.807, 2.05) is 36.6 Å². The van der Waals surface area contributed by atoms with E-state index in [0.717, 1.165) is 22.0 Å². The molecule has 0 radical (unpaired) electrons. The van der Waals surface area contributed by atoms with E-state index in [1.54, 1.807) is 12.1 Å². The summed E-state index contributed by atoms with van der Waals surface area (Å²) in [4.78, 5) is 20.7. The number of ether oxygens (including phenoxy) is 1. The number of benzene rings is 1. The number of hydrogen-bond acceptors (Lipinski definition) is 5. The number of nitrogens with zero attached hydrogens (tertiary/aromatic N) is 2. The third-order valence-electron chi connectivity index (χ3n) is 3.30. The topological polar surface area (TPSA) is 64.1 Å². The predicted molar refractivity (Wildman–Crippen MR) is 100 cm³/mol. The molecular weight excluding hydrogens is 358 g/mol. The van der Waals surface area contributed by atoms with Crippen LogP contribution in [0.4, 0.5) is 5.82 Å². The molecule has 0 saturated heterocycles. The summed E-state index contributed by atoms with van der Waals surface area (Å²) in [5, 5.41) is 6.01. The van der Waals surface area contributed by atoms with Crippen LogP contribution >= 0.6 is 22.9 Å². The van der Waals surface area contributed by atoms with Gasteiger partial charge in [0, 0.05) is 17.1 Å². The summed E-state index contributed by atoms with van der Waals surface area (Å²) in [5.41, 5.74) is 1.72. The summed E-state index contributed by atoms with van der Waals surface area (Å²) >= 11 is 7.28. The van der Waals surface area contributed by atoms with Crippen molar-refractivity contribution in [3.63, 3.8) is 0 Å². The first-order valence-electron chi connectivity index (χ1n) is 7.73. The second-order valence-electron chi connectivity index (χ2n) is 5.19. The third-order valence-corrected chi connectivity index (χ3v) is 4.46. The minimum atomic E-state index is -0.168. The molecule has 0 bridgehead atoms. The van der Waals surface area contributed by atoms with Gasteiger partial charge in [0.15, 0.2) is 0 Å². The minimum absolute atomic E-state index is 0.168. The molecule has 0 fully saturated rings. The summed E-state index contributed by atoms with van der Waals surface area (Å²) < 4.78 is 5.43. The smallest absolute Gasteiger partial charge is 0.231 e. The second-order valence-corrected chi connectivity index (χ2v) is 6.48. The molecule has 1 N–H and O–H groups in total. The number of amides is 1. The molecular formula is C18H16ClN3O2S. The van der Waals surface area contributed by atoms with E-state index in [0.29, 0.717) is 17.4 Å². The Morgan fingerprint density at radius 1 is 1.24 bits per heavy atom.